The fourth-order valence-electron chi connectivity index (χ4n) is 2.25. The third-order valence-electron chi connectivity index (χ3n) is 2.99. The minimum atomic E-state index is 0.607. The van der Waals surface area contributed by atoms with Gasteiger partial charge in [0.25, 0.3) is 0 Å². The van der Waals surface area contributed by atoms with E-state index in [0.29, 0.717) is 12.2 Å². The van der Waals surface area contributed by atoms with Crippen LogP contribution in [-0.4, -0.2) is 12.2 Å². The molecule has 1 saturated carbocycles. The zero-order valence-corrected chi connectivity index (χ0v) is 6.94. The molecule has 1 heterocycles. The van der Waals surface area contributed by atoms with Crippen LogP contribution in [0.4, 0.5) is 0 Å². The summed E-state index contributed by atoms with van der Waals surface area (Å²) < 4.78 is 5.40. The second-order valence-electron chi connectivity index (χ2n) is 3.79. The molecular formula is C11H12O. The molecule has 12 heavy (non-hydrogen) atoms. The van der Waals surface area contributed by atoms with E-state index in [1.54, 1.807) is 0 Å². The third kappa shape index (κ3) is 0.969. The van der Waals surface area contributed by atoms with E-state index in [1.807, 2.05) is 0 Å². The molecule has 0 unspecified atom stereocenters. The number of epoxide rings is 1. The Kier molecular flexibility index (Phi) is 1.30. The number of fused-ring (bicyclic) bond motifs is 1. The van der Waals surface area contributed by atoms with Crippen molar-refractivity contribution in [2.75, 3.05) is 0 Å². The summed E-state index contributed by atoms with van der Waals surface area (Å²) in [5, 5.41) is 0. The van der Waals surface area contributed by atoms with Gasteiger partial charge in [-0.25, -0.2) is 0 Å². The standard InChI is InChI=1S/C11H12O/c1-2-4-8(5-3-1)9-6-10-11(7-9)12-10/h1-5,9-11H,6-7H2/t9-,10-,11+. The molecule has 1 aromatic rings. The van der Waals surface area contributed by atoms with E-state index in [-0.39, 0.29) is 0 Å². The first-order valence-electron chi connectivity index (χ1n) is 4.64. The van der Waals surface area contributed by atoms with Crippen LogP contribution in [0.15, 0.2) is 30.3 Å². The molecule has 0 bridgehead atoms. The monoisotopic (exact) mass is 160 g/mol. The van der Waals surface area contributed by atoms with Gasteiger partial charge in [-0.05, 0) is 24.3 Å². The Morgan fingerprint density at radius 1 is 1.00 bits per heavy atom. The van der Waals surface area contributed by atoms with Crippen molar-refractivity contribution in [3.8, 4) is 0 Å². The highest BCUT2D eigenvalue weighted by atomic mass is 16.6. The summed E-state index contributed by atoms with van der Waals surface area (Å²) in [7, 11) is 0. The normalized spacial score (nSPS) is 37.8. The van der Waals surface area contributed by atoms with Crippen molar-refractivity contribution in [3.05, 3.63) is 35.9 Å². The van der Waals surface area contributed by atoms with Crippen LogP contribution < -0.4 is 0 Å². The molecule has 0 aromatic heterocycles. The summed E-state index contributed by atoms with van der Waals surface area (Å²) in [6.07, 6.45) is 3.70. The van der Waals surface area contributed by atoms with E-state index in [1.165, 1.54) is 18.4 Å². The van der Waals surface area contributed by atoms with Gasteiger partial charge < -0.3 is 4.74 Å². The lowest BCUT2D eigenvalue weighted by Crippen LogP contribution is -1.96. The van der Waals surface area contributed by atoms with Crippen LogP contribution in [0.1, 0.15) is 24.3 Å². The molecule has 1 nitrogen and oxygen atoms in total. The number of hydrogen-bond donors (Lipinski definition) is 0. The molecule has 0 spiro atoms. The van der Waals surface area contributed by atoms with Gasteiger partial charge in [0.1, 0.15) is 0 Å². The summed E-state index contributed by atoms with van der Waals surface area (Å²) in [5.41, 5.74) is 1.49. The highest BCUT2D eigenvalue weighted by molar-refractivity contribution is 5.23. The maximum Gasteiger partial charge on any atom is 0.0848 e. The molecule has 0 radical (unpaired) electrons. The van der Waals surface area contributed by atoms with Gasteiger partial charge in [0.15, 0.2) is 0 Å². The number of ether oxygens (including phenoxy) is 1. The van der Waals surface area contributed by atoms with E-state index in [2.05, 4.69) is 30.3 Å². The fraction of sp³-hybridized carbons (Fsp3) is 0.455. The first-order valence-corrected chi connectivity index (χ1v) is 4.64. The number of hydrogen-bond acceptors (Lipinski definition) is 1. The molecule has 0 N–H and O–H groups in total. The zero-order chi connectivity index (χ0) is 7.97. The number of rotatable bonds is 1. The molecule has 3 rings (SSSR count). The topological polar surface area (TPSA) is 12.5 Å². The largest absolute Gasteiger partial charge is 0.370 e. The first kappa shape index (κ1) is 6.67. The van der Waals surface area contributed by atoms with E-state index in [4.69, 9.17) is 4.74 Å². The smallest absolute Gasteiger partial charge is 0.0848 e. The molecule has 3 atom stereocenters. The van der Waals surface area contributed by atoms with E-state index in [9.17, 15) is 0 Å². The van der Waals surface area contributed by atoms with Gasteiger partial charge in [0, 0.05) is 0 Å². The molecule has 2 fully saturated rings. The van der Waals surface area contributed by atoms with Crippen molar-refractivity contribution in [2.24, 2.45) is 0 Å². The average Bonchev–Trinajstić information content (AvgIpc) is 2.75. The molecular weight excluding hydrogens is 148 g/mol. The van der Waals surface area contributed by atoms with E-state index >= 15 is 0 Å². The van der Waals surface area contributed by atoms with Crippen molar-refractivity contribution >= 4 is 0 Å². The van der Waals surface area contributed by atoms with Crippen molar-refractivity contribution in [2.45, 2.75) is 31.0 Å². The SMILES string of the molecule is c1ccc([C@H]2C[C@@H]3O[C@@H]3C2)cc1. The Bertz CT molecular complexity index is 270. The number of benzene rings is 1. The summed E-state index contributed by atoms with van der Waals surface area (Å²) in [6.45, 7) is 0. The predicted octanol–water partition coefficient (Wildman–Crippen LogP) is 2.33. The van der Waals surface area contributed by atoms with Gasteiger partial charge in [0.2, 0.25) is 0 Å². The van der Waals surface area contributed by atoms with Crippen LogP contribution in [0, 0.1) is 0 Å². The van der Waals surface area contributed by atoms with Crippen LogP contribution >= 0.6 is 0 Å². The fourth-order valence-corrected chi connectivity index (χ4v) is 2.25. The maximum absolute atomic E-state index is 5.40. The molecule has 1 aliphatic carbocycles. The molecule has 0 amide bonds. The van der Waals surface area contributed by atoms with Crippen molar-refractivity contribution in [1.82, 2.24) is 0 Å². The molecule has 1 aromatic carbocycles. The van der Waals surface area contributed by atoms with Crippen LogP contribution in [0.25, 0.3) is 0 Å². The minimum absolute atomic E-state index is 0.607. The van der Waals surface area contributed by atoms with Gasteiger partial charge in [0.05, 0.1) is 12.2 Å². The summed E-state index contributed by atoms with van der Waals surface area (Å²) in [6, 6.07) is 10.8. The maximum atomic E-state index is 5.40. The Morgan fingerprint density at radius 3 is 2.33 bits per heavy atom. The van der Waals surface area contributed by atoms with Gasteiger partial charge in [-0.2, -0.15) is 0 Å². The quantitative estimate of drug-likeness (QED) is 0.574. The van der Waals surface area contributed by atoms with E-state index in [0.717, 1.165) is 5.92 Å². The van der Waals surface area contributed by atoms with Crippen LogP contribution in [-0.2, 0) is 4.74 Å². The minimum Gasteiger partial charge on any atom is -0.370 e. The Morgan fingerprint density at radius 2 is 1.67 bits per heavy atom. The summed E-state index contributed by atoms with van der Waals surface area (Å²) >= 11 is 0. The average molecular weight is 160 g/mol. The van der Waals surface area contributed by atoms with Crippen molar-refractivity contribution < 1.29 is 4.74 Å². The van der Waals surface area contributed by atoms with Gasteiger partial charge in [-0.15, -0.1) is 0 Å². The molecule has 62 valence electrons. The summed E-state index contributed by atoms with van der Waals surface area (Å²) in [4.78, 5) is 0. The van der Waals surface area contributed by atoms with Crippen LogP contribution in [0.3, 0.4) is 0 Å². The zero-order valence-electron chi connectivity index (χ0n) is 6.94. The second kappa shape index (κ2) is 2.33. The molecule has 1 aliphatic heterocycles. The second-order valence-corrected chi connectivity index (χ2v) is 3.79. The van der Waals surface area contributed by atoms with Crippen molar-refractivity contribution in [1.29, 1.82) is 0 Å². The molecule has 1 saturated heterocycles. The Hall–Kier alpha value is -0.820. The highest BCUT2D eigenvalue weighted by Gasteiger charge is 2.47. The third-order valence-corrected chi connectivity index (χ3v) is 2.99. The molecule has 1 heteroatoms. The van der Waals surface area contributed by atoms with Gasteiger partial charge >= 0.3 is 0 Å². The van der Waals surface area contributed by atoms with Crippen LogP contribution in [0.5, 0.6) is 0 Å². The molecule has 2 aliphatic rings. The lowest BCUT2D eigenvalue weighted by Gasteiger charge is -2.10. The first-order chi connectivity index (χ1) is 5.93. The van der Waals surface area contributed by atoms with Crippen LogP contribution in [0.2, 0.25) is 0 Å². The van der Waals surface area contributed by atoms with Gasteiger partial charge in [-0.3, -0.25) is 0 Å². The van der Waals surface area contributed by atoms with Crippen molar-refractivity contribution in [3.63, 3.8) is 0 Å². The van der Waals surface area contributed by atoms with E-state index < -0.39 is 0 Å². The Balaban J connectivity index is 1.82. The lowest BCUT2D eigenvalue weighted by molar-refractivity contribution is 0.304. The Labute approximate surface area is 72.4 Å². The lowest BCUT2D eigenvalue weighted by atomic mass is 9.97. The highest BCUT2D eigenvalue weighted by Crippen LogP contribution is 2.46. The summed E-state index contributed by atoms with van der Waals surface area (Å²) in [5.74, 6) is 0.773. The van der Waals surface area contributed by atoms with Gasteiger partial charge in [-0.1, -0.05) is 30.3 Å². The predicted molar refractivity (Wildman–Crippen MR) is 47.1 cm³/mol.